The van der Waals surface area contributed by atoms with E-state index < -0.39 is 0 Å². The maximum atomic E-state index is 13.3. The minimum atomic E-state index is 0. The Labute approximate surface area is 153 Å². The number of hydrogen-bond acceptors (Lipinski definition) is 5. The average Bonchev–Trinajstić information content (AvgIpc) is 3.08. The summed E-state index contributed by atoms with van der Waals surface area (Å²) in [6.45, 7) is 7.59. The van der Waals surface area contributed by atoms with Crippen LogP contribution in [0.1, 0.15) is 60.8 Å². The van der Waals surface area contributed by atoms with Crippen molar-refractivity contribution >= 4 is 29.4 Å². The van der Waals surface area contributed by atoms with Crippen molar-refractivity contribution in [2.75, 3.05) is 13.1 Å². The van der Waals surface area contributed by atoms with Crippen molar-refractivity contribution < 1.29 is 9.32 Å². The van der Waals surface area contributed by atoms with E-state index in [0.29, 0.717) is 23.4 Å². The van der Waals surface area contributed by atoms with Gasteiger partial charge in [0.1, 0.15) is 0 Å². The average molecular weight is 365 g/mol. The summed E-state index contributed by atoms with van der Waals surface area (Å²) in [4.78, 5) is 19.8. The third-order valence-corrected chi connectivity index (χ3v) is 5.27. The lowest BCUT2D eigenvalue weighted by atomic mass is 10.0. The van der Waals surface area contributed by atoms with E-state index in [4.69, 9.17) is 4.52 Å². The number of amides is 1. The highest BCUT2D eigenvalue weighted by atomic mass is 35.5. The van der Waals surface area contributed by atoms with Gasteiger partial charge in [0.2, 0.25) is 0 Å². The molecular weight excluding hydrogens is 340 g/mol. The molecule has 25 heavy (non-hydrogen) atoms. The Morgan fingerprint density at radius 1 is 1.32 bits per heavy atom. The molecule has 2 aliphatic heterocycles. The van der Waals surface area contributed by atoms with Crippen LogP contribution in [0.15, 0.2) is 10.6 Å². The smallest absolute Gasteiger partial charge is 0.259 e. The SMILES string of the molecule is Cc1noc2nc(C(C)C)cc(C(=O)N3CCC4CCC(C3)N4)c12.Cl. The molecule has 2 unspecified atom stereocenters. The van der Waals surface area contributed by atoms with Crippen LogP contribution in [0, 0.1) is 6.92 Å². The zero-order valence-electron chi connectivity index (χ0n) is 14.9. The van der Waals surface area contributed by atoms with E-state index in [1.807, 2.05) is 17.9 Å². The number of aromatic nitrogens is 2. The summed E-state index contributed by atoms with van der Waals surface area (Å²) in [6, 6.07) is 2.91. The second-order valence-corrected chi connectivity index (χ2v) is 7.38. The molecule has 1 amide bonds. The van der Waals surface area contributed by atoms with Crippen LogP contribution in [0.2, 0.25) is 0 Å². The second kappa shape index (κ2) is 6.92. The maximum absolute atomic E-state index is 13.3. The van der Waals surface area contributed by atoms with Gasteiger partial charge >= 0.3 is 0 Å². The molecule has 0 aromatic carbocycles. The number of carbonyl (C=O) groups excluding carboxylic acids is 1. The van der Waals surface area contributed by atoms with Crippen LogP contribution in [-0.4, -0.2) is 46.1 Å². The topological polar surface area (TPSA) is 71.3 Å². The molecule has 0 radical (unpaired) electrons. The molecule has 4 heterocycles. The second-order valence-electron chi connectivity index (χ2n) is 7.38. The summed E-state index contributed by atoms with van der Waals surface area (Å²) in [6.07, 6.45) is 3.41. The molecule has 2 bridgehead atoms. The Bertz CT molecular complexity index is 789. The van der Waals surface area contributed by atoms with Crippen LogP contribution in [0.3, 0.4) is 0 Å². The van der Waals surface area contributed by atoms with Crippen LogP contribution in [0.4, 0.5) is 0 Å². The molecule has 136 valence electrons. The molecule has 1 N–H and O–H groups in total. The first-order chi connectivity index (χ1) is 11.5. The van der Waals surface area contributed by atoms with Gasteiger partial charge < -0.3 is 14.7 Å². The first-order valence-corrected chi connectivity index (χ1v) is 8.85. The third kappa shape index (κ3) is 3.25. The van der Waals surface area contributed by atoms with Crippen molar-refractivity contribution in [3.63, 3.8) is 0 Å². The van der Waals surface area contributed by atoms with Gasteiger partial charge in [0.05, 0.1) is 16.6 Å². The van der Waals surface area contributed by atoms with Gasteiger partial charge in [-0.15, -0.1) is 12.4 Å². The van der Waals surface area contributed by atoms with E-state index in [0.717, 1.165) is 42.7 Å². The molecule has 6 nitrogen and oxygen atoms in total. The number of pyridine rings is 1. The van der Waals surface area contributed by atoms with Crippen LogP contribution >= 0.6 is 12.4 Å². The fourth-order valence-electron chi connectivity index (χ4n) is 3.88. The van der Waals surface area contributed by atoms with E-state index in [9.17, 15) is 4.79 Å². The number of fused-ring (bicyclic) bond motifs is 3. The fourth-order valence-corrected chi connectivity index (χ4v) is 3.88. The summed E-state index contributed by atoms with van der Waals surface area (Å²) < 4.78 is 5.35. The Balaban J connectivity index is 0.00000182. The maximum Gasteiger partial charge on any atom is 0.259 e. The van der Waals surface area contributed by atoms with Crippen LogP contribution in [0.5, 0.6) is 0 Å². The zero-order valence-corrected chi connectivity index (χ0v) is 15.7. The monoisotopic (exact) mass is 364 g/mol. The van der Waals surface area contributed by atoms with Gasteiger partial charge in [-0.1, -0.05) is 19.0 Å². The number of nitrogens with one attached hydrogen (secondary N) is 1. The Hall–Kier alpha value is -1.66. The predicted molar refractivity (Wildman–Crippen MR) is 98.3 cm³/mol. The zero-order chi connectivity index (χ0) is 16.8. The van der Waals surface area contributed by atoms with Crippen molar-refractivity contribution in [1.29, 1.82) is 0 Å². The molecule has 2 aromatic rings. The Morgan fingerprint density at radius 2 is 2.08 bits per heavy atom. The molecule has 2 aromatic heterocycles. The largest absolute Gasteiger partial charge is 0.337 e. The highest BCUT2D eigenvalue weighted by molar-refractivity contribution is 6.06. The fraction of sp³-hybridized carbons (Fsp3) is 0.611. The number of carbonyl (C=O) groups is 1. The van der Waals surface area contributed by atoms with Crippen LogP contribution in [0.25, 0.3) is 11.1 Å². The van der Waals surface area contributed by atoms with Gasteiger partial charge in [-0.3, -0.25) is 4.79 Å². The number of nitrogens with zero attached hydrogens (tertiary/aromatic N) is 3. The number of aryl methyl sites for hydroxylation is 1. The summed E-state index contributed by atoms with van der Waals surface area (Å²) in [5.74, 6) is 0.304. The number of halogens is 1. The lowest BCUT2D eigenvalue weighted by Gasteiger charge is -2.25. The summed E-state index contributed by atoms with van der Waals surface area (Å²) in [5.41, 5.74) is 2.75. The summed E-state index contributed by atoms with van der Waals surface area (Å²) in [7, 11) is 0. The van der Waals surface area contributed by atoms with Gasteiger partial charge in [-0.2, -0.15) is 0 Å². The van der Waals surface area contributed by atoms with Crippen molar-refractivity contribution in [3.8, 4) is 0 Å². The van der Waals surface area contributed by atoms with E-state index >= 15 is 0 Å². The quantitative estimate of drug-likeness (QED) is 0.886. The molecule has 2 aliphatic rings. The standard InChI is InChI=1S/C18H24N4O2.ClH/c1-10(2)15-8-14(16-11(3)21-24-17(16)20-15)18(23)22-7-6-12-4-5-13(9-22)19-12;/h8,10,12-13,19H,4-7,9H2,1-3H3;1H. The predicted octanol–water partition coefficient (Wildman–Crippen LogP) is 3.04. The first kappa shape index (κ1) is 18.1. The molecular formula is C18H25ClN4O2. The molecule has 2 fully saturated rings. The van der Waals surface area contributed by atoms with E-state index in [2.05, 4.69) is 29.3 Å². The lowest BCUT2D eigenvalue weighted by molar-refractivity contribution is 0.0750. The Kier molecular flexibility index (Phi) is 5.02. The van der Waals surface area contributed by atoms with Crippen molar-refractivity contribution in [2.45, 2.75) is 58.0 Å². The van der Waals surface area contributed by atoms with Crippen molar-refractivity contribution in [3.05, 3.63) is 23.0 Å². The molecule has 7 heteroatoms. The number of likely N-dealkylation sites (tertiary alicyclic amines) is 1. The highest BCUT2D eigenvalue weighted by Gasteiger charge is 2.32. The van der Waals surface area contributed by atoms with Crippen molar-refractivity contribution in [2.24, 2.45) is 0 Å². The highest BCUT2D eigenvalue weighted by Crippen LogP contribution is 2.28. The summed E-state index contributed by atoms with van der Waals surface area (Å²) in [5, 5.41) is 8.40. The Morgan fingerprint density at radius 3 is 2.84 bits per heavy atom. The minimum Gasteiger partial charge on any atom is -0.337 e. The summed E-state index contributed by atoms with van der Waals surface area (Å²) >= 11 is 0. The normalized spacial score (nSPS) is 23.0. The minimum absolute atomic E-state index is 0. The first-order valence-electron chi connectivity index (χ1n) is 8.85. The molecule has 0 spiro atoms. The van der Waals surface area contributed by atoms with Gasteiger partial charge in [0.25, 0.3) is 11.6 Å². The molecule has 0 aliphatic carbocycles. The van der Waals surface area contributed by atoms with E-state index in [1.165, 1.54) is 6.42 Å². The molecule has 2 saturated heterocycles. The van der Waals surface area contributed by atoms with Gasteiger partial charge in [-0.25, -0.2) is 4.98 Å². The van der Waals surface area contributed by atoms with Gasteiger partial charge in [0.15, 0.2) is 0 Å². The molecule has 2 atom stereocenters. The lowest BCUT2D eigenvalue weighted by Crippen LogP contribution is -2.39. The molecule has 0 saturated carbocycles. The third-order valence-electron chi connectivity index (χ3n) is 5.27. The number of hydrogen-bond donors (Lipinski definition) is 1. The van der Waals surface area contributed by atoms with E-state index in [-0.39, 0.29) is 24.2 Å². The van der Waals surface area contributed by atoms with E-state index in [1.54, 1.807) is 0 Å². The van der Waals surface area contributed by atoms with Crippen molar-refractivity contribution in [1.82, 2.24) is 20.4 Å². The van der Waals surface area contributed by atoms with Crippen LogP contribution in [-0.2, 0) is 0 Å². The van der Waals surface area contributed by atoms with Crippen LogP contribution < -0.4 is 5.32 Å². The number of rotatable bonds is 2. The van der Waals surface area contributed by atoms with Gasteiger partial charge in [-0.05, 0) is 38.2 Å². The van der Waals surface area contributed by atoms with Gasteiger partial charge in [0, 0.05) is 30.9 Å². The molecule has 4 rings (SSSR count).